The largest absolute Gasteiger partial charge is 0.466 e. The first-order chi connectivity index (χ1) is 14.9. The summed E-state index contributed by atoms with van der Waals surface area (Å²) in [4.78, 5) is 43.6. The van der Waals surface area contributed by atoms with Crippen LogP contribution in [0.3, 0.4) is 0 Å². The van der Waals surface area contributed by atoms with Crippen molar-refractivity contribution in [3.63, 3.8) is 0 Å². The van der Waals surface area contributed by atoms with E-state index in [9.17, 15) is 14.4 Å². The number of piperidine rings is 1. The van der Waals surface area contributed by atoms with Gasteiger partial charge in [-0.25, -0.2) is 0 Å². The van der Waals surface area contributed by atoms with Crippen LogP contribution < -0.4 is 25.6 Å². The van der Waals surface area contributed by atoms with Crippen LogP contribution in [0.15, 0.2) is 33.9 Å². The van der Waals surface area contributed by atoms with Crippen molar-refractivity contribution in [2.24, 2.45) is 5.92 Å². The maximum absolute atomic E-state index is 12.6. The highest BCUT2D eigenvalue weighted by atomic mass is 16.5. The number of rotatable bonds is 5. The second kappa shape index (κ2) is 8.73. The fourth-order valence-electron chi connectivity index (χ4n) is 4.94. The molecule has 2 atom stereocenters. The number of nitrogens with zero attached hydrogens (tertiary/aromatic N) is 3. The number of ether oxygens (including phenoxy) is 1. The molecule has 0 N–H and O–H groups in total. The molecule has 0 spiro atoms. The Morgan fingerprint density at radius 2 is 1.77 bits per heavy atom. The molecule has 2 fully saturated rings. The highest BCUT2D eigenvalue weighted by molar-refractivity contribution is 5.79. The van der Waals surface area contributed by atoms with Crippen LogP contribution in [0.1, 0.15) is 32.3 Å². The minimum absolute atomic E-state index is 0.210. The van der Waals surface area contributed by atoms with Gasteiger partial charge in [-0.2, -0.15) is 0 Å². The van der Waals surface area contributed by atoms with Crippen molar-refractivity contribution in [3.05, 3.63) is 50.3 Å². The van der Waals surface area contributed by atoms with Gasteiger partial charge in [0, 0.05) is 44.5 Å². The van der Waals surface area contributed by atoms with Crippen LogP contribution in [0.25, 0.3) is 0 Å². The van der Waals surface area contributed by atoms with E-state index in [1.807, 2.05) is 4.90 Å². The maximum atomic E-state index is 12.6. The zero-order valence-corrected chi connectivity index (χ0v) is 18.6. The SMILES string of the molecule is CCOC(=O)[C@H]1CCCN(c2c(N3CCN(c4cccc(C)c4)[C@H](C)C3)c(=O)c2=O)C1. The molecule has 0 aromatic heterocycles. The van der Waals surface area contributed by atoms with Crippen LogP contribution in [-0.4, -0.2) is 51.3 Å². The fourth-order valence-corrected chi connectivity index (χ4v) is 4.94. The number of benzene rings is 1. The molecule has 7 heteroatoms. The third kappa shape index (κ3) is 4.05. The monoisotopic (exact) mass is 425 g/mol. The standard InChI is InChI=1S/C24H31N3O4/c1-4-31-24(30)18-8-6-10-25(15-18)20-21(23(29)22(20)28)26-11-12-27(17(3)14-26)19-9-5-7-16(2)13-19/h5,7,9,13,17-18H,4,6,8,10-12,14-15H2,1-3H3/t17-,18+/m1/s1. The van der Waals surface area contributed by atoms with Crippen molar-refractivity contribution < 1.29 is 9.53 Å². The van der Waals surface area contributed by atoms with Crippen molar-refractivity contribution >= 4 is 23.0 Å². The summed E-state index contributed by atoms with van der Waals surface area (Å²) in [6, 6.07) is 8.65. The third-order valence-electron chi connectivity index (χ3n) is 6.50. The molecule has 0 radical (unpaired) electrons. The van der Waals surface area contributed by atoms with Crippen LogP contribution >= 0.6 is 0 Å². The summed E-state index contributed by atoms with van der Waals surface area (Å²) >= 11 is 0. The summed E-state index contributed by atoms with van der Waals surface area (Å²) < 4.78 is 5.18. The first-order valence-corrected chi connectivity index (χ1v) is 11.2. The summed E-state index contributed by atoms with van der Waals surface area (Å²) in [5.41, 5.74) is 2.61. The lowest BCUT2D eigenvalue weighted by molar-refractivity contribution is -0.148. The van der Waals surface area contributed by atoms with Gasteiger partial charge in [-0.3, -0.25) is 14.4 Å². The summed E-state index contributed by atoms with van der Waals surface area (Å²) in [5.74, 6) is -0.462. The Bertz CT molecular complexity index is 1030. The average Bonchev–Trinajstić information content (AvgIpc) is 2.76. The van der Waals surface area contributed by atoms with Crippen LogP contribution in [-0.2, 0) is 9.53 Å². The van der Waals surface area contributed by atoms with E-state index in [4.69, 9.17) is 4.74 Å². The van der Waals surface area contributed by atoms with E-state index < -0.39 is 10.9 Å². The Morgan fingerprint density at radius 1 is 1.06 bits per heavy atom. The van der Waals surface area contributed by atoms with Crippen molar-refractivity contribution in [2.45, 2.75) is 39.7 Å². The van der Waals surface area contributed by atoms with Crippen molar-refractivity contribution in [3.8, 4) is 0 Å². The lowest BCUT2D eigenvalue weighted by atomic mass is 9.96. The molecule has 0 bridgehead atoms. The number of carbonyl (C=O) groups excluding carboxylic acids is 1. The van der Waals surface area contributed by atoms with Gasteiger partial charge in [-0.05, 0) is 51.3 Å². The molecule has 2 aromatic rings. The molecule has 2 aliphatic rings. The zero-order chi connectivity index (χ0) is 22.1. The molecule has 2 aliphatic heterocycles. The zero-order valence-electron chi connectivity index (χ0n) is 18.6. The second-order valence-corrected chi connectivity index (χ2v) is 8.72. The van der Waals surface area contributed by atoms with Gasteiger partial charge in [-0.15, -0.1) is 0 Å². The number of carbonyl (C=O) groups is 1. The quantitative estimate of drug-likeness (QED) is 0.537. The molecule has 31 heavy (non-hydrogen) atoms. The highest BCUT2D eigenvalue weighted by Gasteiger charge is 2.36. The van der Waals surface area contributed by atoms with Crippen LogP contribution in [0.4, 0.5) is 17.1 Å². The molecule has 166 valence electrons. The molecule has 2 aromatic carbocycles. The summed E-state index contributed by atoms with van der Waals surface area (Å²) in [5, 5.41) is 0. The predicted octanol–water partition coefficient (Wildman–Crippen LogP) is 2.09. The van der Waals surface area contributed by atoms with Gasteiger partial charge >= 0.3 is 5.97 Å². The van der Waals surface area contributed by atoms with Gasteiger partial charge in [0.2, 0.25) is 0 Å². The van der Waals surface area contributed by atoms with E-state index in [0.717, 1.165) is 19.4 Å². The van der Waals surface area contributed by atoms with E-state index in [-0.39, 0.29) is 17.9 Å². The van der Waals surface area contributed by atoms with E-state index in [2.05, 4.69) is 47.9 Å². The first kappa shape index (κ1) is 21.4. The van der Waals surface area contributed by atoms with Gasteiger partial charge in [0.1, 0.15) is 11.4 Å². The van der Waals surface area contributed by atoms with Crippen LogP contribution in [0.5, 0.6) is 0 Å². The van der Waals surface area contributed by atoms with E-state index in [0.29, 0.717) is 44.2 Å². The number of anilines is 3. The van der Waals surface area contributed by atoms with E-state index in [1.54, 1.807) is 6.92 Å². The lowest BCUT2D eigenvalue weighted by Gasteiger charge is -2.44. The Labute approximate surface area is 182 Å². The molecule has 2 heterocycles. The number of hydrogen-bond acceptors (Lipinski definition) is 7. The normalized spacial score (nSPS) is 22.1. The summed E-state index contributed by atoms with van der Waals surface area (Å²) in [6.07, 6.45) is 1.56. The van der Waals surface area contributed by atoms with Crippen molar-refractivity contribution in [1.82, 2.24) is 0 Å². The molecule has 0 saturated carbocycles. The minimum Gasteiger partial charge on any atom is -0.466 e. The van der Waals surface area contributed by atoms with Crippen LogP contribution in [0.2, 0.25) is 0 Å². The summed E-state index contributed by atoms with van der Waals surface area (Å²) in [7, 11) is 0. The Balaban J connectivity index is 1.51. The average molecular weight is 426 g/mol. The molecule has 0 amide bonds. The molecule has 0 unspecified atom stereocenters. The predicted molar refractivity (Wildman–Crippen MR) is 123 cm³/mol. The third-order valence-corrected chi connectivity index (χ3v) is 6.50. The molecular formula is C24H31N3O4. The number of hydrogen-bond donors (Lipinski definition) is 0. The highest BCUT2D eigenvalue weighted by Crippen LogP contribution is 2.31. The molecular weight excluding hydrogens is 394 g/mol. The van der Waals surface area contributed by atoms with Gasteiger partial charge < -0.3 is 19.4 Å². The van der Waals surface area contributed by atoms with Gasteiger partial charge in [0.05, 0.1) is 12.5 Å². The Hall–Kier alpha value is -2.83. The topological polar surface area (TPSA) is 70.2 Å². The minimum atomic E-state index is -0.423. The van der Waals surface area contributed by atoms with Crippen molar-refractivity contribution in [1.29, 1.82) is 0 Å². The van der Waals surface area contributed by atoms with E-state index in [1.165, 1.54) is 11.3 Å². The number of aryl methyl sites for hydroxylation is 1. The molecule has 4 rings (SSSR count). The van der Waals surface area contributed by atoms with Crippen LogP contribution in [0, 0.1) is 12.8 Å². The van der Waals surface area contributed by atoms with Gasteiger partial charge in [0.25, 0.3) is 10.9 Å². The molecule has 7 nitrogen and oxygen atoms in total. The van der Waals surface area contributed by atoms with Gasteiger partial charge in [0.15, 0.2) is 0 Å². The smallest absolute Gasteiger partial charge is 0.310 e. The first-order valence-electron chi connectivity index (χ1n) is 11.2. The molecule has 0 aliphatic carbocycles. The van der Waals surface area contributed by atoms with Crippen molar-refractivity contribution in [2.75, 3.05) is 54.0 Å². The number of esters is 1. The number of piperazine rings is 1. The Kier molecular flexibility index (Phi) is 6.03. The van der Waals surface area contributed by atoms with Gasteiger partial charge in [-0.1, -0.05) is 12.1 Å². The van der Waals surface area contributed by atoms with E-state index >= 15 is 0 Å². The summed E-state index contributed by atoms with van der Waals surface area (Å²) in [6.45, 7) is 9.66. The lowest BCUT2D eigenvalue weighted by Crippen LogP contribution is -2.57. The molecule has 2 saturated heterocycles. The maximum Gasteiger partial charge on any atom is 0.310 e. The fraction of sp³-hybridized carbons (Fsp3) is 0.542. The second-order valence-electron chi connectivity index (χ2n) is 8.72. The Morgan fingerprint density at radius 3 is 2.42 bits per heavy atom.